The number of hydrogen-bond donors (Lipinski definition) is 4. The van der Waals surface area contributed by atoms with Gasteiger partial charge in [-0.3, -0.25) is 9.59 Å². The molecule has 18 atom stereocenters. The number of aliphatic hydroxyl groups is 3. The first kappa shape index (κ1) is 61.9. The molecule has 72 heavy (non-hydrogen) atoms. The van der Waals surface area contributed by atoms with E-state index in [4.69, 9.17) is 42.7 Å². The Morgan fingerprint density at radius 2 is 1.56 bits per heavy atom. The summed E-state index contributed by atoms with van der Waals surface area (Å²) in [6.45, 7) is 21.6. The van der Waals surface area contributed by atoms with E-state index in [1.807, 2.05) is 39.8 Å². The smallest absolute Gasteiger partial charge is 0.407 e. The molecule has 1 amide bonds. The third-order valence-corrected chi connectivity index (χ3v) is 16.1. The van der Waals surface area contributed by atoms with Crippen molar-refractivity contribution in [1.29, 1.82) is 0 Å². The molecule has 0 aromatic rings. The van der Waals surface area contributed by atoms with Gasteiger partial charge in [0.05, 0.1) is 53.8 Å². The lowest BCUT2D eigenvalue weighted by molar-refractivity contribution is -0.318. The highest BCUT2D eigenvalue weighted by molar-refractivity contribution is 5.88. The number of aliphatic hydroxyl groups excluding tert-OH is 1. The topological polar surface area (TPSA) is 223 Å². The van der Waals surface area contributed by atoms with Crippen LogP contribution in [0.2, 0.25) is 0 Å². The van der Waals surface area contributed by atoms with Crippen molar-refractivity contribution in [3.05, 3.63) is 0 Å². The first-order chi connectivity index (χ1) is 33.8. The Morgan fingerprint density at radius 1 is 0.875 bits per heavy atom. The highest BCUT2D eigenvalue weighted by Crippen LogP contribution is 2.42. The number of carbonyl (C=O) groups is 3. The largest absolute Gasteiger partial charge is 0.459 e. The van der Waals surface area contributed by atoms with Gasteiger partial charge < -0.3 is 68.3 Å². The lowest BCUT2D eigenvalue weighted by Gasteiger charge is -2.49. The number of rotatable bonds is 18. The van der Waals surface area contributed by atoms with Gasteiger partial charge in [0.1, 0.15) is 23.9 Å². The monoisotopic (exact) mass is 1030 g/mol. The Bertz CT molecular complexity index is 1710. The van der Waals surface area contributed by atoms with Crippen molar-refractivity contribution in [2.75, 3.05) is 34.4 Å². The van der Waals surface area contributed by atoms with Crippen LogP contribution in [0.3, 0.4) is 0 Å². The number of amides is 1. The van der Waals surface area contributed by atoms with Crippen molar-refractivity contribution in [1.82, 2.24) is 10.2 Å². The van der Waals surface area contributed by atoms with Gasteiger partial charge in [0.25, 0.3) is 0 Å². The van der Waals surface area contributed by atoms with Crippen molar-refractivity contribution in [2.45, 2.75) is 257 Å². The summed E-state index contributed by atoms with van der Waals surface area (Å²) in [7, 11) is 5.31. The highest BCUT2D eigenvalue weighted by Gasteiger charge is 2.55. The van der Waals surface area contributed by atoms with Gasteiger partial charge in [0, 0.05) is 44.8 Å². The van der Waals surface area contributed by atoms with Crippen LogP contribution in [0.4, 0.5) is 4.79 Å². The molecule has 3 aliphatic heterocycles. The number of cyclic esters (lactones) is 1. The zero-order chi connectivity index (χ0) is 53.7. The predicted molar refractivity (Wildman–Crippen MR) is 272 cm³/mol. The van der Waals surface area contributed by atoms with Crippen LogP contribution in [-0.4, -0.2) is 163 Å². The number of methoxy groups -OCH3 is 1. The van der Waals surface area contributed by atoms with Crippen LogP contribution >= 0.6 is 0 Å². The van der Waals surface area contributed by atoms with E-state index in [2.05, 4.69) is 17.4 Å². The van der Waals surface area contributed by atoms with Crippen LogP contribution in [0.25, 0.3) is 0 Å². The Hall–Kier alpha value is -2.68. The van der Waals surface area contributed by atoms with Crippen LogP contribution in [0, 0.1) is 29.6 Å². The number of nitrogens with zero attached hydrogens (tertiary/aromatic N) is 2. The molecular formula is C54H97N3O15. The summed E-state index contributed by atoms with van der Waals surface area (Å²) in [6.07, 6.45) is 0.659. The molecule has 4 aliphatic rings. The van der Waals surface area contributed by atoms with Crippen LogP contribution in [0.5, 0.6) is 0 Å². The highest BCUT2D eigenvalue weighted by atomic mass is 16.7. The number of alkyl carbamates (subject to hydrolysis) is 1. The molecule has 0 bridgehead atoms. The molecular weight excluding hydrogens is 931 g/mol. The Balaban J connectivity index is 1.87. The Morgan fingerprint density at radius 3 is 2.17 bits per heavy atom. The van der Waals surface area contributed by atoms with Gasteiger partial charge >= 0.3 is 18.0 Å². The molecule has 2 unspecified atom stereocenters. The maximum absolute atomic E-state index is 14.7. The fourth-order valence-electron chi connectivity index (χ4n) is 11.9. The quantitative estimate of drug-likeness (QED) is 0.0453. The molecule has 1 saturated carbocycles. The number of ether oxygens (including phenoxy) is 8. The summed E-state index contributed by atoms with van der Waals surface area (Å²) in [4.78, 5) is 48.6. The van der Waals surface area contributed by atoms with E-state index in [1.165, 1.54) is 53.1 Å². The summed E-state index contributed by atoms with van der Waals surface area (Å²) in [6, 6.07) is -0.358. The van der Waals surface area contributed by atoms with E-state index in [9.17, 15) is 29.7 Å². The second kappa shape index (κ2) is 27.9. The summed E-state index contributed by atoms with van der Waals surface area (Å²) in [5.74, 6) is -4.03. The van der Waals surface area contributed by atoms with Gasteiger partial charge in [-0.05, 0) is 100 Å². The lowest BCUT2D eigenvalue weighted by Crippen LogP contribution is -2.62. The third-order valence-electron chi connectivity index (χ3n) is 16.1. The minimum absolute atomic E-state index is 0.0141. The van der Waals surface area contributed by atoms with Gasteiger partial charge in [-0.2, -0.15) is 0 Å². The lowest BCUT2D eigenvalue weighted by atomic mass is 9.73. The molecule has 3 heterocycles. The first-order valence-electron chi connectivity index (χ1n) is 27.3. The van der Waals surface area contributed by atoms with Gasteiger partial charge in [-0.1, -0.05) is 84.7 Å². The standard InChI is InChI=1S/C54H97N3O15/c1-16-18-22-27-55-51(61)71-45-40(57(13)14)29-33(4)66-50(45)72-47-35(6)44(70-42-31-53(11,64-15)48(37(8)67-42)68-38(9)58)36(7)49(60)69-41(17-2)54(12,63)46(59)34(5)43(32(3)30-52(47,10)62)56-65-28-23-26-39-24-20-19-21-25-39/h32-37,39-42,44-48,50,59,62-63H,16-31H2,1-15H3,(H,55,61)/b56-43+/t32-,33-,34-,35+,36-,37+,40+,41+,42+,44+,45-,46-,47-,48+,50?,52?,53-,54-/m1/s1. The van der Waals surface area contributed by atoms with Crippen molar-refractivity contribution < 1.29 is 72.4 Å². The molecule has 3 saturated heterocycles. The van der Waals surface area contributed by atoms with Crippen LogP contribution in [0.15, 0.2) is 5.16 Å². The Kier molecular flexibility index (Phi) is 24.0. The number of hydrogen-bond acceptors (Lipinski definition) is 17. The molecule has 18 nitrogen and oxygen atoms in total. The van der Waals surface area contributed by atoms with E-state index < -0.39 is 114 Å². The third kappa shape index (κ3) is 16.4. The number of unbranched alkanes of at least 4 members (excludes halogenated alkanes) is 2. The van der Waals surface area contributed by atoms with Crippen molar-refractivity contribution >= 4 is 23.7 Å². The second-order valence-corrected chi connectivity index (χ2v) is 22.7. The van der Waals surface area contributed by atoms with Gasteiger partial charge in [-0.25, -0.2) is 4.79 Å². The van der Waals surface area contributed by atoms with E-state index in [0.717, 1.165) is 32.1 Å². The van der Waals surface area contributed by atoms with Gasteiger partial charge in [0.2, 0.25) is 0 Å². The molecule has 18 heteroatoms. The molecule has 1 aliphatic carbocycles. The van der Waals surface area contributed by atoms with Crippen LogP contribution in [0.1, 0.15) is 173 Å². The van der Waals surface area contributed by atoms with E-state index >= 15 is 0 Å². The van der Waals surface area contributed by atoms with Crippen LogP contribution < -0.4 is 5.32 Å². The maximum Gasteiger partial charge on any atom is 0.407 e. The van der Waals surface area contributed by atoms with Gasteiger partial charge in [-0.15, -0.1) is 0 Å². The second-order valence-electron chi connectivity index (χ2n) is 22.7. The molecule has 4 rings (SSSR count). The zero-order valence-electron chi connectivity index (χ0n) is 46.7. The van der Waals surface area contributed by atoms with Crippen molar-refractivity contribution in [2.24, 2.45) is 34.7 Å². The van der Waals surface area contributed by atoms with Crippen molar-refractivity contribution in [3.8, 4) is 0 Å². The number of oxime groups is 1. The van der Waals surface area contributed by atoms with E-state index in [0.29, 0.717) is 31.2 Å². The number of nitrogens with one attached hydrogen (secondary N) is 1. The fourth-order valence-corrected chi connectivity index (χ4v) is 11.9. The number of esters is 2. The SMILES string of the molecule is CCCCCNC(=O)O[C@H]1C(O[C@@H]2[C@@H](C)[C@H](O[C@H]3C[C@@](C)(OC)[C@@H](OC(C)=O)[C@H](C)O3)[C@@H](C)C(=O)O[C@@H](CC)[C@@](C)(O)[C@H](O)[C@H](C)/C(=N/OCCCC3CCCCC3)[C@H](C)CC2(C)O)O[C@H](C)C[C@@H]1N(C)C. The molecule has 0 radical (unpaired) electrons. The molecule has 418 valence electrons. The van der Waals surface area contributed by atoms with Gasteiger partial charge in [0.15, 0.2) is 24.8 Å². The Labute approximate surface area is 431 Å². The van der Waals surface area contributed by atoms with Crippen LogP contribution in [-0.2, 0) is 52.3 Å². The maximum atomic E-state index is 14.7. The summed E-state index contributed by atoms with van der Waals surface area (Å²) < 4.78 is 51.2. The molecule has 4 fully saturated rings. The van der Waals surface area contributed by atoms with Crippen molar-refractivity contribution in [3.63, 3.8) is 0 Å². The minimum Gasteiger partial charge on any atom is -0.459 e. The average Bonchev–Trinajstić information content (AvgIpc) is 3.32. The first-order valence-corrected chi connectivity index (χ1v) is 27.3. The molecule has 0 aromatic carbocycles. The summed E-state index contributed by atoms with van der Waals surface area (Å²) in [5, 5.41) is 45.2. The number of carbonyl (C=O) groups excluding carboxylic acids is 3. The van der Waals surface area contributed by atoms with E-state index in [-0.39, 0.29) is 31.4 Å². The summed E-state index contributed by atoms with van der Waals surface area (Å²) >= 11 is 0. The molecule has 4 N–H and O–H groups in total. The number of likely N-dealkylation sites (N-methyl/N-ethyl adjacent to an activating group) is 1. The normalized spacial score (nSPS) is 40.5. The summed E-state index contributed by atoms with van der Waals surface area (Å²) in [5.41, 5.74) is -4.45. The predicted octanol–water partition coefficient (Wildman–Crippen LogP) is 7.44. The van der Waals surface area contributed by atoms with E-state index in [1.54, 1.807) is 41.5 Å². The average molecular weight is 1030 g/mol. The molecule has 0 aromatic heterocycles. The molecule has 0 spiro atoms. The minimum atomic E-state index is -1.96. The zero-order valence-corrected chi connectivity index (χ0v) is 46.7. The fraction of sp³-hybridized carbons (Fsp3) is 0.926.